The second-order valence-corrected chi connectivity index (χ2v) is 11.1. The fraction of sp³-hybridized carbons (Fsp3) is 0.344. The number of aliphatic imine (C=N–C) groups is 1. The van der Waals surface area contributed by atoms with Gasteiger partial charge in [0.15, 0.2) is 5.65 Å². The zero-order valence-electron chi connectivity index (χ0n) is 25.3. The third-order valence-electron chi connectivity index (χ3n) is 7.92. The minimum atomic E-state index is -0.265. The van der Waals surface area contributed by atoms with Crippen LogP contribution < -0.4 is 21.3 Å². The molecule has 1 amide bonds. The minimum Gasteiger partial charge on any atom is -0.501 e. The standard InChI is InChI=1S/C32H35ClN8O4/c1-4-28(42)36-22-7-5-20(6-8-22)15-27-38-39-31-25(24-17-23(43-2)18-26(44-3)29(24)33)16-21-19-35-32(37-30(21)41(27)31)34-9-10-40-11-13-45-14-12-40/h4-8,16,18H,1,9-15,17,19H2,2-3H3,(H,34,35)(H,36,42). The van der Waals surface area contributed by atoms with Gasteiger partial charge in [-0.1, -0.05) is 30.3 Å². The summed E-state index contributed by atoms with van der Waals surface area (Å²) in [5, 5.41) is 16.8. The summed E-state index contributed by atoms with van der Waals surface area (Å²) >= 11 is 6.88. The average molecular weight is 631 g/mol. The van der Waals surface area contributed by atoms with Crippen LogP contribution in [0.1, 0.15) is 23.4 Å². The lowest BCUT2D eigenvalue weighted by molar-refractivity contribution is -0.111. The highest BCUT2D eigenvalue weighted by atomic mass is 35.5. The van der Waals surface area contributed by atoms with Crippen molar-refractivity contribution >= 4 is 40.4 Å². The van der Waals surface area contributed by atoms with Crippen molar-refractivity contribution in [2.45, 2.75) is 19.4 Å². The second-order valence-electron chi connectivity index (χ2n) is 10.7. The van der Waals surface area contributed by atoms with E-state index in [-0.39, 0.29) is 5.91 Å². The third kappa shape index (κ3) is 6.63. The molecule has 3 aliphatic rings. The summed E-state index contributed by atoms with van der Waals surface area (Å²) < 4.78 is 18.6. The van der Waals surface area contributed by atoms with Gasteiger partial charge in [-0.3, -0.25) is 14.1 Å². The molecule has 4 heterocycles. The SMILES string of the molecule is C=CC(=O)Nc1ccc(Cc2nnc3c(=C4CC(OC)=CC(OC)=C4Cl)cc4c(n23)=NC(NCCN2CCOCC2)=NC4)cc1. The van der Waals surface area contributed by atoms with Gasteiger partial charge < -0.3 is 24.8 Å². The fourth-order valence-corrected chi connectivity index (χ4v) is 5.81. The van der Waals surface area contributed by atoms with E-state index in [0.29, 0.717) is 59.8 Å². The van der Waals surface area contributed by atoms with Gasteiger partial charge in [0.1, 0.15) is 22.8 Å². The summed E-state index contributed by atoms with van der Waals surface area (Å²) in [4.78, 5) is 23.8. The van der Waals surface area contributed by atoms with Gasteiger partial charge in [0.05, 0.1) is 39.0 Å². The second kappa shape index (κ2) is 13.6. The van der Waals surface area contributed by atoms with Gasteiger partial charge >= 0.3 is 0 Å². The predicted octanol–water partition coefficient (Wildman–Crippen LogP) is 2.04. The molecular formula is C32H35ClN8O4. The van der Waals surface area contributed by atoms with Crippen molar-refractivity contribution in [3.8, 4) is 0 Å². The molecule has 1 fully saturated rings. The topological polar surface area (TPSA) is 127 Å². The Hall–Kier alpha value is -4.52. The maximum Gasteiger partial charge on any atom is 0.247 e. The molecule has 12 nitrogen and oxygen atoms in total. The van der Waals surface area contributed by atoms with Crippen LogP contribution >= 0.6 is 11.6 Å². The number of carbonyl (C=O) groups is 1. The predicted molar refractivity (Wildman–Crippen MR) is 171 cm³/mol. The number of fused-ring (bicyclic) bond motifs is 3. The minimum absolute atomic E-state index is 0.265. The van der Waals surface area contributed by atoms with Crippen LogP contribution in [0.4, 0.5) is 5.69 Å². The number of anilines is 1. The molecule has 6 rings (SSSR count). The molecule has 3 aromatic rings. The molecular weight excluding hydrogens is 596 g/mol. The quantitative estimate of drug-likeness (QED) is 0.344. The Bertz CT molecular complexity index is 1840. The van der Waals surface area contributed by atoms with Crippen LogP contribution in [0.5, 0.6) is 0 Å². The Labute approximate surface area is 265 Å². The van der Waals surface area contributed by atoms with Gasteiger partial charge in [-0.15, -0.1) is 10.2 Å². The Morgan fingerprint density at radius 1 is 1.16 bits per heavy atom. The van der Waals surface area contributed by atoms with Crippen LogP contribution in [0.25, 0.3) is 11.2 Å². The number of methoxy groups -OCH3 is 2. The number of allylic oxidation sites excluding steroid dienone is 3. The Kier molecular flexibility index (Phi) is 9.24. The number of hydrogen-bond acceptors (Lipinski definition) is 10. The number of rotatable bonds is 9. The van der Waals surface area contributed by atoms with Gasteiger partial charge in [-0.25, -0.2) is 4.99 Å². The van der Waals surface area contributed by atoms with E-state index >= 15 is 0 Å². The highest BCUT2D eigenvalue weighted by Gasteiger charge is 2.23. The molecule has 234 valence electrons. The van der Waals surface area contributed by atoms with E-state index in [4.69, 9.17) is 35.8 Å². The summed E-state index contributed by atoms with van der Waals surface area (Å²) in [6, 6.07) is 9.64. The van der Waals surface area contributed by atoms with Gasteiger partial charge in [0, 0.05) is 61.6 Å². The summed E-state index contributed by atoms with van der Waals surface area (Å²) in [7, 11) is 3.21. The number of carbonyl (C=O) groups excluding carboxylic acids is 1. The lowest BCUT2D eigenvalue weighted by atomic mass is 10.0. The maximum atomic E-state index is 11.7. The molecule has 1 aliphatic carbocycles. The van der Waals surface area contributed by atoms with Crippen LogP contribution in [0.2, 0.25) is 0 Å². The number of morpholine rings is 1. The molecule has 2 aromatic heterocycles. The van der Waals surface area contributed by atoms with Crippen molar-refractivity contribution in [2.24, 2.45) is 9.98 Å². The van der Waals surface area contributed by atoms with Crippen LogP contribution in [-0.2, 0) is 32.0 Å². The number of hydrogen-bond donors (Lipinski definition) is 2. The van der Waals surface area contributed by atoms with Gasteiger partial charge in [-0.2, -0.15) is 4.99 Å². The van der Waals surface area contributed by atoms with Gasteiger partial charge in [0.2, 0.25) is 11.9 Å². The molecule has 0 bridgehead atoms. The molecule has 2 N–H and O–H groups in total. The molecule has 13 heteroatoms. The summed E-state index contributed by atoms with van der Waals surface area (Å²) in [5.41, 5.74) is 4.75. The first-order valence-electron chi connectivity index (χ1n) is 14.7. The van der Waals surface area contributed by atoms with E-state index in [1.165, 1.54) is 6.08 Å². The summed E-state index contributed by atoms with van der Waals surface area (Å²) in [6.45, 7) is 8.88. The monoisotopic (exact) mass is 630 g/mol. The number of nitrogens with zero attached hydrogens (tertiary/aromatic N) is 6. The zero-order chi connectivity index (χ0) is 31.3. The number of ether oxygens (including phenoxy) is 3. The maximum absolute atomic E-state index is 11.7. The Morgan fingerprint density at radius 3 is 2.69 bits per heavy atom. The number of aromatic nitrogens is 3. The number of halogens is 1. The molecule has 2 aliphatic heterocycles. The van der Waals surface area contributed by atoms with Crippen molar-refractivity contribution in [3.63, 3.8) is 0 Å². The number of benzene rings is 1. The fourth-order valence-electron chi connectivity index (χ4n) is 5.51. The van der Waals surface area contributed by atoms with Crippen LogP contribution in [0.3, 0.4) is 0 Å². The van der Waals surface area contributed by atoms with E-state index in [9.17, 15) is 4.79 Å². The smallest absolute Gasteiger partial charge is 0.247 e. The molecule has 0 unspecified atom stereocenters. The summed E-state index contributed by atoms with van der Waals surface area (Å²) in [6.07, 6.45) is 3.98. The zero-order valence-corrected chi connectivity index (χ0v) is 26.1. The number of amides is 1. The first-order valence-corrected chi connectivity index (χ1v) is 15.1. The van der Waals surface area contributed by atoms with Crippen molar-refractivity contribution in [1.29, 1.82) is 0 Å². The lowest BCUT2D eigenvalue weighted by Gasteiger charge is -2.26. The third-order valence-corrected chi connectivity index (χ3v) is 8.33. The summed E-state index contributed by atoms with van der Waals surface area (Å²) in [5.74, 6) is 2.25. The van der Waals surface area contributed by atoms with Gasteiger partial charge in [0.25, 0.3) is 0 Å². The van der Waals surface area contributed by atoms with Crippen LogP contribution in [0, 0.1) is 0 Å². The van der Waals surface area contributed by atoms with Crippen LogP contribution in [0.15, 0.2) is 75.6 Å². The van der Waals surface area contributed by atoms with Crippen molar-refractivity contribution in [1.82, 2.24) is 24.8 Å². The molecule has 0 atom stereocenters. The molecule has 0 radical (unpaired) electrons. The molecule has 0 spiro atoms. The first-order chi connectivity index (χ1) is 22.0. The molecule has 1 aromatic carbocycles. The van der Waals surface area contributed by atoms with E-state index < -0.39 is 0 Å². The normalized spacial score (nSPS) is 18.0. The van der Waals surface area contributed by atoms with Gasteiger partial charge in [-0.05, 0) is 35.4 Å². The highest BCUT2D eigenvalue weighted by Crippen LogP contribution is 2.33. The molecule has 45 heavy (non-hydrogen) atoms. The van der Waals surface area contributed by atoms with E-state index in [0.717, 1.165) is 66.0 Å². The Balaban J connectivity index is 1.41. The highest BCUT2D eigenvalue weighted by molar-refractivity contribution is 6.36. The van der Waals surface area contributed by atoms with E-state index in [1.807, 2.05) is 34.7 Å². The van der Waals surface area contributed by atoms with Crippen LogP contribution in [-0.4, -0.2) is 85.0 Å². The first kappa shape index (κ1) is 30.5. The van der Waals surface area contributed by atoms with Crippen molar-refractivity contribution in [2.75, 3.05) is 58.9 Å². The largest absolute Gasteiger partial charge is 0.501 e. The number of pyridine rings is 1. The molecule has 1 saturated heterocycles. The average Bonchev–Trinajstić information content (AvgIpc) is 3.49. The number of guanidine groups is 1. The van der Waals surface area contributed by atoms with Crippen molar-refractivity contribution < 1.29 is 19.0 Å². The lowest BCUT2D eigenvalue weighted by Crippen LogP contribution is -2.42. The van der Waals surface area contributed by atoms with E-state index in [2.05, 4.69) is 32.3 Å². The Morgan fingerprint density at radius 2 is 1.96 bits per heavy atom. The molecule has 0 saturated carbocycles. The number of nitrogens with one attached hydrogen (secondary N) is 2. The van der Waals surface area contributed by atoms with E-state index in [1.54, 1.807) is 20.3 Å². The van der Waals surface area contributed by atoms with Crippen molar-refractivity contribution in [3.05, 3.63) is 93.3 Å².